The molecule has 114 valence electrons. The molecule has 0 amide bonds. The smallest absolute Gasteiger partial charge is 0.0727 e. The first-order valence-corrected chi connectivity index (χ1v) is 8.28. The van der Waals surface area contributed by atoms with Crippen molar-refractivity contribution in [2.45, 2.75) is 84.0 Å². The van der Waals surface area contributed by atoms with Crippen LogP contribution in [0, 0.1) is 0 Å². The van der Waals surface area contributed by atoms with E-state index < -0.39 is 0 Å². The van der Waals surface area contributed by atoms with Gasteiger partial charge in [-0.2, -0.15) is 0 Å². The van der Waals surface area contributed by atoms with E-state index in [1.54, 1.807) is 0 Å². The van der Waals surface area contributed by atoms with Crippen molar-refractivity contribution in [3.05, 3.63) is 0 Å². The van der Waals surface area contributed by atoms with Gasteiger partial charge in [-0.05, 0) is 52.0 Å². The van der Waals surface area contributed by atoms with Crippen molar-refractivity contribution in [1.29, 1.82) is 0 Å². The lowest BCUT2D eigenvalue weighted by Crippen LogP contribution is -2.41. The second-order valence-electron chi connectivity index (χ2n) is 5.51. The summed E-state index contributed by atoms with van der Waals surface area (Å²) < 4.78 is 11.6. The molecule has 3 nitrogen and oxygen atoms in total. The number of nitrogens with one attached hydrogen (secondary N) is 1. The lowest BCUT2D eigenvalue weighted by molar-refractivity contribution is 0.0241. The third-order valence-corrected chi connectivity index (χ3v) is 3.93. The lowest BCUT2D eigenvalue weighted by atomic mass is 9.98. The highest BCUT2D eigenvalue weighted by molar-refractivity contribution is 4.78. The van der Waals surface area contributed by atoms with Gasteiger partial charge in [0.25, 0.3) is 0 Å². The molecule has 19 heavy (non-hydrogen) atoms. The van der Waals surface area contributed by atoms with Crippen LogP contribution in [0.3, 0.4) is 0 Å². The Kier molecular flexibility index (Phi) is 9.48. The fourth-order valence-electron chi connectivity index (χ4n) is 3.02. The Morgan fingerprint density at radius 3 is 2.68 bits per heavy atom. The second-order valence-corrected chi connectivity index (χ2v) is 5.51. The van der Waals surface area contributed by atoms with Crippen molar-refractivity contribution in [1.82, 2.24) is 5.32 Å². The molecule has 1 heterocycles. The summed E-state index contributed by atoms with van der Waals surface area (Å²) in [6.07, 6.45) is 9.43. The van der Waals surface area contributed by atoms with Crippen molar-refractivity contribution in [2.24, 2.45) is 0 Å². The predicted octanol–water partition coefficient (Wildman–Crippen LogP) is 3.52. The molecule has 3 atom stereocenters. The Balaban J connectivity index is 2.31. The van der Waals surface area contributed by atoms with Gasteiger partial charge in [0.05, 0.1) is 12.2 Å². The molecule has 0 radical (unpaired) electrons. The number of hydrogen-bond acceptors (Lipinski definition) is 3. The minimum atomic E-state index is 0.374. The highest BCUT2D eigenvalue weighted by Crippen LogP contribution is 2.20. The van der Waals surface area contributed by atoms with Crippen LogP contribution >= 0.6 is 0 Å². The molecule has 1 aliphatic heterocycles. The molecular weight excluding hydrogens is 238 g/mol. The summed E-state index contributed by atoms with van der Waals surface area (Å²) in [5, 5.41) is 3.61. The number of rotatable bonds is 11. The topological polar surface area (TPSA) is 30.5 Å². The van der Waals surface area contributed by atoms with Crippen LogP contribution in [0.1, 0.15) is 65.7 Å². The summed E-state index contributed by atoms with van der Waals surface area (Å²) >= 11 is 0. The van der Waals surface area contributed by atoms with Gasteiger partial charge in [0.15, 0.2) is 0 Å². The third kappa shape index (κ3) is 6.73. The van der Waals surface area contributed by atoms with Gasteiger partial charge in [0.1, 0.15) is 0 Å². The van der Waals surface area contributed by atoms with Crippen LogP contribution in [-0.4, -0.2) is 38.0 Å². The van der Waals surface area contributed by atoms with E-state index in [2.05, 4.69) is 26.1 Å². The van der Waals surface area contributed by atoms with Gasteiger partial charge < -0.3 is 14.8 Å². The Bertz CT molecular complexity index is 199. The maximum absolute atomic E-state index is 5.93. The van der Waals surface area contributed by atoms with Crippen molar-refractivity contribution in [2.75, 3.05) is 19.8 Å². The first-order valence-electron chi connectivity index (χ1n) is 8.28. The zero-order chi connectivity index (χ0) is 13.9. The zero-order valence-corrected chi connectivity index (χ0v) is 13.1. The zero-order valence-electron chi connectivity index (χ0n) is 13.1. The van der Waals surface area contributed by atoms with Gasteiger partial charge in [-0.25, -0.2) is 0 Å². The number of likely N-dealkylation sites (N-methyl/N-ethyl adjacent to an activating group) is 1. The van der Waals surface area contributed by atoms with Crippen LogP contribution in [0.4, 0.5) is 0 Å². The van der Waals surface area contributed by atoms with Gasteiger partial charge in [0.2, 0.25) is 0 Å². The molecule has 0 aromatic carbocycles. The van der Waals surface area contributed by atoms with Gasteiger partial charge >= 0.3 is 0 Å². The molecule has 3 unspecified atom stereocenters. The van der Waals surface area contributed by atoms with E-state index in [1.807, 2.05) is 0 Å². The number of ether oxygens (including phenoxy) is 2. The third-order valence-electron chi connectivity index (χ3n) is 3.93. The van der Waals surface area contributed by atoms with E-state index in [4.69, 9.17) is 9.47 Å². The lowest BCUT2D eigenvalue weighted by Gasteiger charge is -2.28. The molecule has 0 spiro atoms. The minimum absolute atomic E-state index is 0.374. The molecule has 0 saturated carbocycles. The van der Waals surface area contributed by atoms with E-state index in [-0.39, 0.29) is 0 Å². The fourth-order valence-corrected chi connectivity index (χ4v) is 3.02. The summed E-state index contributed by atoms with van der Waals surface area (Å²) in [7, 11) is 0. The van der Waals surface area contributed by atoms with E-state index in [1.165, 1.54) is 38.5 Å². The van der Waals surface area contributed by atoms with Gasteiger partial charge in [-0.1, -0.05) is 20.3 Å². The molecule has 1 rings (SSSR count). The van der Waals surface area contributed by atoms with Crippen LogP contribution in [0.2, 0.25) is 0 Å². The summed E-state index contributed by atoms with van der Waals surface area (Å²) in [4.78, 5) is 0. The minimum Gasteiger partial charge on any atom is -0.378 e. The standard InChI is InChI=1S/C16H33NO2/c1-4-9-16(18-6-3)15(17-5-2)12-7-10-14-11-8-13-19-14/h14-17H,4-13H2,1-3H3. The Hall–Kier alpha value is -0.120. The van der Waals surface area contributed by atoms with Crippen molar-refractivity contribution in [3.8, 4) is 0 Å². The van der Waals surface area contributed by atoms with Crippen molar-refractivity contribution >= 4 is 0 Å². The van der Waals surface area contributed by atoms with Gasteiger partial charge in [0, 0.05) is 19.3 Å². The maximum atomic E-state index is 5.93. The maximum Gasteiger partial charge on any atom is 0.0727 e. The first kappa shape index (κ1) is 16.9. The number of hydrogen-bond donors (Lipinski definition) is 1. The molecule has 0 bridgehead atoms. The molecule has 0 aromatic heterocycles. The largest absolute Gasteiger partial charge is 0.378 e. The molecule has 1 saturated heterocycles. The first-order chi connectivity index (χ1) is 9.31. The van der Waals surface area contributed by atoms with Crippen molar-refractivity contribution < 1.29 is 9.47 Å². The van der Waals surface area contributed by atoms with Crippen molar-refractivity contribution in [3.63, 3.8) is 0 Å². The average Bonchev–Trinajstić information content (AvgIpc) is 2.91. The summed E-state index contributed by atoms with van der Waals surface area (Å²) in [6, 6.07) is 0.506. The van der Waals surface area contributed by atoms with Gasteiger partial charge in [-0.3, -0.25) is 0 Å². The van der Waals surface area contributed by atoms with Crippen LogP contribution in [0.25, 0.3) is 0 Å². The Morgan fingerprint density at radius 2 is 2.11 bits per heavy atom. The molecule has 0 aromatic rings. The molecular formula is C16H33NO2. The van der Waals surface area contributed by atoms with Crippen LogP contribution in [0.15, 0.2) is 0 Å². The van der Waals surface area contributed by atoms with Gasteiger partial charge in [-0.15, -0.1) is 0 Å². The Morgan fingerprint density at radius 1 is 1.26 bits per heavy atom. The second kappa shape index (κ2) is 10.6. The summed E-state index contributed by atoms with van der Waals surface area (Å²) in [6.45, 7) is 9.33. The monoisotopic (exact) mass is 271 g/mol. The van der Waals surface area contributed by atoms with Crippen LogP contribution in [0.5, 0.6) is 0 Å². The summed E-state index contributed by atoms with van der Waals surface area (Å²) in [5.41, 5.74) is 0. The SMILES string of the molecule is CCCC(OCC)C(CCCC1CCCO1)NCC. The molecule has 0 aliphatic carbocycles. The van der Waals surface area contributed by atoms with E-state index in [9.17, 15) is 0 Å². The average molecular weight is 271 g/mol. The molecule has 1 aliphatic rings. The predicted molar refractivity (Wildman–Crippen MR) is 80.6 cm³/mol. The Labute approximate surface area is 119 Å². The molecule has 1 N–H and O–H groups in total. The summed E-state index contributed by atoms with van der Waals surface area (Å²) in [5.74, 6) is 0. The molecule has 3 heteroatoms. The fraction of sp³-hybridized carbons (Fsp3) is 1.00. The molecule has 1 fully saturated rings. The van der Waals surface area contributed by atoms with E-state index in [0.717, 1.165) is 26.2 Å². The quantitative estimate of drug-likeness (QED) is 0.624. The van der Waals surface area contributed by atoms with E-state index >= 15 is 0 Å². The normalized spacial score (nSPS) is 22.6. The highest BCUT2D eigenvalue weighted by atomic mass is 16.5. The van der Waals surface area contributed by atoms with Crippen LogP contribution < -0.4 is 5.32 Å². The van der Waals surface area contributed by atoms with Crippen LogP contribution in [-0.2, 0) is 9.47 Å². The highest BCUT2D eigenvalue weighted by Gasteiger charge is 2.21. The van der Waals surface area contributed by atoms with E-state index in [0.29, 0.717) is 18.2 Å².